The Hall–Kier alpha value is -1.37. The van der Waals surface area contributed by atoms with E-state index in [0.717, 1.165) is 0 Å². The number of nitrogens with two attached hydrogens (primary N) is 1. The van der Waals surface area contributed by atoms with Gasteiger partial charge in [-0.25, -0.2) is 0 Å². The molecule has 0 bridgehead atoms. The highest BCUT2D eigenvalue weighted by atomic mass is 35.5. The molecule has 0 amide bonds. The lowest BCUT2D eigenvalue weighted by Crippen LogP contribution is -2.19. The van der Waals surface area contributed by atoms with Gasteiger partial charge in [-0.15, -0.1) is 11.6 Å². The third-order valence-corrected chi connectivity index (χ3v) is 2.43. The highest BCUT2D eigenvalue weighted by molar-refractivity contribution is 6.18. The second-order valence-electron chi connectivity index (χ2n) is 3.24. The lowest BCUT2D eigenvalue weighted by atomic mass is 10.0. The first-order valence-electron chi connectivity index (χ1n) is 4.43. The number of rotatable bonds is 4. The molecule has 16 heavy (non-hydrogen) atoms. The van der Waals surface area contributed by atoms with Gasteiger partial charge in [0.2, 0.25) is 0 Å². The Kier molecular flexibility index (Phi) is 4.05. The van der Waals surface area contributed by atoms with Crippen LogP contribution in [0.1, 0.15) is 11.7 Å². The molecule has 4 N–H and O–H groups in total. The van der Waals surface area contributed by atoms with E-state index in [4.69, 9.17) is 17.3 Å². The van der Waals surface area contributed by atoms with E-state index in [9.17, 15) is 20.3 Å². The lowest BCUT2D eigenvalue weighted by Gasteiger charge is -2.15. The Morgan fingerprint density at radius 1 is 1.50 bits per heavy atom. The highest BCUT2D eigenvalue weighted by Crippen LogP contribution is 2.26. The van der Waals surface area contributed by atoms with Crippen LogP contribution in [0, 0.1) is 10.1 Å². The first-order valence-corrected chi connectivity index (χ1v) is 4.96. The number of hydrogen-bond donors (Lipinski definition) is 3. The molecule has 0 aliphatic rings. The molecule has 1 rings (SSSR count). The van der Waals surface area contributed by atoms with Gasteiger partial charge in [0.05, 0.1) is 16.9 Å². The fraction of sp³-hybridized carbons (Fsp3) is 0.333. The zero-order chi connectivity index (χ0) is 12.3. The molecule has 1 aromatic carbocycles. The highest BCUT2D eigenvalue weighted by Gasteiger charge is 2.20. The largest absolute Gasteiger partial charge is 0.393 e. The summed E-state index contributed by atoms with van der Waals surface area (Å²) in [6, 6.07) is 3.75. The van der Waals surface area contributed by atoms with Crippen molar-refractivity contribution in [1.29, 1.82) is 0 Å². The van der Waals surface area contributed by atoms with Gasteiger partial charge in [-0.2, -0.15) is 0 Å². The van der Waals surface area contributed by atoms with Crippen molar-refractivity contribution in [3.05, 3.63) is 33.9 Å². The van der Waals surface area contributed by atoms with Gasteiger partial charge in [-0.3, -0.25) is 10.1 Å². The summed E-state index contributed by atoms with van der Waals surface area (Å²) in [5.74, 6) is -0.141. The number of nitro benzene ring substituents is 1. The fourth-order valence-electron chi connectivity index (χ4n) is 1.23. The fourth-order valence-corrected chi connectivity index (χ4v) is 1.40. The molecule has 0 heterocycles. The van der Waals surface area contributed by atoms with Crippen molar-refractivity contribution in [2.75, 3.05) is 11.6 Å². The van der Waals surface area contributed by atoms with Gasteiger partial charge in [0, 0.05) is 6.07 Å². The molecular formula is C9H11ClN2O4. The summed E-state index contributed by atoms with van der Waals surface area (Å²) in [7, 11) is 0. The van der Waals surface area contributed by atoms with Crippen LogP contribution < -0.4 is 5.73 Å². The van der Waals surface area contributed by atoms with E-state index in [1.807, 2.05) is 0 Å². The minimum atomic E-state index is -1.21. The number of halogens is 1. The second-order valence-corrected chi connectivity index (χ2v) is 3.55. The number of hydrogen-bond acceptors (Lipinski definition) is 5. The van der Waals surface area contributed by atoms with Gasteiger partial charge in [-0.05, 0) is 17.7 Å². The van der Waals surface area contributed by atoms with Crippen LogP contribution in [-0.4, -0.2) is 27.1 Å². The number of benzene rings is 1. The van der Waals surface area contributed by atoms with E-state index in [0.29, 0.717) is 0 Å². The van der Waals surface area contributed by atoms with Crippen LogP contribution in [0.4, 0.5) is 11.4 Å². The summed E-state index contributed by atoms with van der Waals surface area (Å²) < 4.78 is 0. The molecule has 88 valence electrons. The van der Waals surface area contributed by atoms with Gasteiger partial charge >= 0.3 is 0 Å². The molecule has 0 aromatic heterocycles. The molecule has 7 heteroatoms. The van der Waals surface area contributed by atoms with Crippen LogP contribution in [0.2, 0.25) is 0 Å². The summed E-state index contributed by atoms with van der Waals surface area (Å²) in [5, 5.41) is 29.4. The maximum absolute atomic E-state index is 10.5. The first-order chi connectivity index (χ1) is 7.47. The van der Waals surface area contributed by atoms with E-state index in [-0.39, 0.29) is 22.8 Å². The average Bonchev–Trinajstić information content (AvgIpc) is 2.26. The third-order valence-electron chi connectivity index (χ3n) is 2.11. The minimum Gasteiger partial charge on any atom is -0.393 e. The zero-order valence-corrected chi connectivity index (χ0v) is 8.96. The predicted molar refractivity (Wildman–Crippen MR) is 59.2 cm³/mol. The van der Waals surface area contributed by atoms with E-state index in [2.05, 4.69) is 0 Å². The van der Waals surface area contributed by atoms with Crippen LogP contribution in [0.25, 0.3) is 0 Å². The van der Waals surface area contributed by atoms with Crippen molar-refractivity contribution in [3.63, 3.8) is 0 Å². The summed E-state index contributed by atoms with van der Waals surface area (Å²) in [6.45, 7) is 0. The van der Waals surface area contributed by atoms with E-state index >= 15 is 0 Å². The molecule has 0 spiro atoms. The molecule has 0 aliphatic carbocycles. The maximum Gasteiger partial charge on any atom is 0.292 e. The van der Waals surface area contributed by atoms with E-state index < -0.39 is 17.1 Å². The Labute approximate surface area is 96.4 Å². The number of alkyl halides is 1. The van der Waals surface area contributed by atoms with Crippen molar-refractivity contribution in [1.82, 2.24) is 0 Å². The van der Waals surface area contributed by atoms with Crippen molar-refractivity contribution >= 4 is 23.0 Å². The smallest absolute Gasteiger partial charge is 0.292 e. The average molecular weight is 247 g/mol. The minimum absolute atomic E-state index is 0.0664. The Morgan fingerprint density at radius 2 is 2.12 bits per heavy atom. The molecule has 2 unspecified atom stereocenters. The van der Waals surface area contributed by atoms with Crippen molar-refractivity contribution in [2.24, 2.45) is 0 Å². The Balaban J connectivity index is 3.01. The number of nitrogen functional groups attached to an aromatic ring is 1. The van der Waals surface area contributed by atoms with Gasteiger partial charge < -0.3 is 15.9 Å². The van der Waals surface area contributed by atoms with Crippen molar-refractivity contribution < 1.29 is 15.1 Å². The number of anilines is 1. The quantitative estimate of drug-likeness (QED) is 0.315. The monoisotopic (exact) mass is 246 g/mol. The summed E-state index contributed by atoms with van der Waals surface area (Å²) in [6.07, 6.45) is -2.34. The first kappa shape index (κ1) is 12.7. The van der Waals surface area contributed by atoms with E-state index in [1.165, 1.54) is 18.2 Å². The zero-order valence-electron chi connectivity index (χ0n) is 8.21. The van der Waals surface area contributed by atoms with Gasteiger partial charge in [0.15, 0.2) is 0 Å². The molecular weight excluding hydrogens is 236 g/mol. The summed E-state index contributed by atoms with van der Waals surface area (Å²) >= 11 is 5.37. The molecule has 0 radical (unpaired) electrons. The number of aliphatic hydroxyl groups excluding tert-OH is 2. The SMILES string of the molecule is Nc1cc(C(O)C(O)CCl)ccc1[N+](=O)[O-]. The Morgan fingerprint density at radius 3 is 2.56 bits per heavy atom. The standard InChI is InChI=1S/C9H11ClN2O4/c10-4-8(13)9(14)5-1-2-7(12(15)16)6(11)3-5/h1-3,8-9,13-14H,4,11H2. The number of aliphatic hydroxyl groups is 2. The van der Waals surface area contributed by atoms with E-state index in [1.54, 1.807) is 0 Å². The summed E-state index contributed by atoms with van der Waals surface area (Å²) in [5.41, 5.74) is 5.42. The van der Waals surface area contributed by atoms with Gasteiger partial charge in [0.25, 0.3) is 5.69 Å². The van der Waals surface area contributed by atoms with Crippen LogP contribution in [-0.2, 0) is 0 Å². The van der Waals surface area contributed by atoms with Crippen LogP contribution in [0.3, 0.4) is 0 Å². The van der Waals surface area contributed by atoms with Crippen molar-refractivity contribution in [3.8, 4) is 0 Å². The second kappa shape index (κ2) is 5.11. The van der Waals surface area contributed by atoms with Crippen molar-refractivity contribution in [2.45, 2.75) is 12.2 Å². The number of nitro groups is 1. The molecule has 0 saturated carbocycles. The van der Waals surface area contributed by atoms with Crippen LogP contribution in [0.5, 0.6) is 0 Å². The molecule has 1 aromatic rings. The molecule has 0 aliphatic heterocycles. The van der Waals surface area contributed by atoms with Gasteiger partial charge in [0.1, 0.15) is 11.8 Å². The normalized spacial score (nSPS) is 14.4. The molecule has 2 atom stereocenters. The van der Waals surface area contributed by atoms with Gasteiger partial charge in [-0.1, -0.05) is 0 Å². The molecule has 0 fully saturated rings. The summed E-state index contributed by atoms with van der Waals surface area (Å²) in [4.78, 5) is 9.86. The Bertz CT molecular complexity index is 399. The van der Waals surface area contributed by atoms with Crippen LogP contribution >= 0.6 is 11.6 Å². The maximum atomic E-state index is 10.5. The molecule has 0 saturated heterocycles. The number of nitrogens with zero attached hydrogens (tertiary/aromatic N) is 1. The van der Waals surface area contributed by atoms with Crippen LogP contribution in [0.15, 0.2) is 18.2 Å². The molecule has 6 nitrogen and oxygen atoms in total. The predicted octanol–water partition coefficient (Wildman–Crippen LogP) is 0.810. The topological polar surface area (TPSA) is 110 Å². The lowest BCUT2D eigenvalue weighted by molar-refractivity contribution is -0.383. The third kappa shape index (κ3) is 2.60.